The molecule has 0 bridgehead atoms. The van der Waals surface area contributed by atoms with Crippen LogP contribution in [0.25, 0.3) is 0 Å². The second kappa shape index (κ2) is 8.54. The van der Waals surface area contributed by atoms with E-state index in [0.29, 0.717) is 12.5 Å². The van der Waals surface area contributed by atoms with Gasteiger partial charge in [-0.05, 0) is 35.1 Å². The third-order valence-electron chi connectivity index (χ3n) is 4.53. The number of anilines is 1. The van der Waals surface area contributed by atoms with E-state index < -0.39 is 0 Å². The molecular formula is C22H26N4O. The van der Waals surface area contributed by atoms with Gasteiger partial charge in [0.2, 0.25) is 0 Å². The fourth-order valence-corrected chi connectivity index (χ4v) is 3.11. The number of aryl methyl sites for hydroxylation is 1. The number of hydrogen-bond donors (Lipinski definition) is 2. The maximum Gasteiger partial charge on any atom is 0.319 e. The van der Waals surface area contributed by atoms with E-state index in [1.807, 2.05) is 42.0 Å². The molecule has 5 nitrogen and oxygen atoms in total. The van der Waals surface area contributed by atoms with Crippen molar-refractivity contribution in [1.82, 2.24) is 14.9 Å². The number of nitrogens with one attached hydrogen (secondary N) is 2. The van der Waals surface area contributed by atoms with Crippen LogP contribution in [0.4, 0.5) is 10.5 Å². The number of aromatic nitrogens is 2. The monoisotopic (exact) mass is 362 g/mol. The Morgan fingerprint density at radius 3 is 2.67 bits per heavy atom. The molecule has 27 heavy (non-hydrogen) atoms. The SMILES string of the molecule is Cc1cccc(C(C)C)c1NC(=O)NCc1cccc(Cn2ccnc2)c1. The van der Waals surface area contributed by atoms with E-state index in [-0.39, 0.29) is 6.03 Å². The van der Waals surface area contributed by atoms with Crippen LogP contribution in [-0.4, -0.2) is 15.6 Å². The van der Waals surface area contributed by atoms with Crippen molar-refractivity contribution in [3.63, 3.8) is 0 Å². The lowest BCUT2D eigenvalue weighted by atomic mass is 9.98. The predicted octanol–water partition coefficient (Wildman–Crippen LogP) is 4.68. The summed E-state index contributed by atoms with van der Waals surface area (Å²) in [5.74, 6) is 0.347. The standard InChI is InChI=1S/C22H26N4O/c1-16(2)20-9-4-6-17(3)21(20)25-22(27)24-13-18-7-5-8-19(12-18)14-26-11-10-23-15-26/h4-12,15-16H,13-14H2,1-3H3,(H2,24,25,27). The molecule has 2 amide bonds. The van der Waals surface area contributed by atoms with Crippen LogP contribution < -0.4 is 10.6 Å². The van der Waals surface area contributed by atoms with E-state index in [4.69, 9.17) is 0 Å². The maximum atomic E-state index is 12.4. The number of hydrogen-bond acceptors (Lipinski definition) is 2. The van der Waals surface area contributed by atoms with Gasteiger partial charge in [0.05, 0.1) is 6.33 Å². The Morgan fingerprint density at radius 1 is 1.15 bits per heavy atom. The molecular weight excluding hydrogens is 336 g/mol. The lowest BCUT2D eigenvalue weighted by molar-refractivity contribution is 0.251. The Labute approximate surface area is 160 Å². The second-order valence-electron chi connectivity index (χ2n) is 7.06. The second-order valence-corrected chi connectivity index (χ2v) is 7.06. The molecule has 140 valence electrons. The number of benzene rings is 2. The van der Waals surface area contributed by atoms with E-state index in [2.05, 4.69) is 47.7 Å². The fourth-order valence-electron chi connectivity index (χ4n) is 3.11. The van der Waals surface area contributed by atoms with Crippen LogP contribution in [0.1, 0.15) is 42.0 Å². The van der Waals surface area contributed by atoms with Crippen LogP contribution in [0.5, 0.6) is 0 Å². The summed E-state index contributed by atoms with van der Waals surface area (Å²) in [4.78, 5) is 16.5. The first kappa shape index (κ1) is 18.7. The van der Waals surface area contributed by atoms with Gasteiger partial charge in [0, 0.05) is 31.2 Å². The highest BCUT2D eigenvalue weighted by Crippen LogP contribution is 2.27. The highest BCUT2D eigenvalue weighted by molar-refractivity contribution is 5.91. The molecule has 3 aromatic rings. The number of carbonyl (C=O) groups is 1. The molecule has 0 spiro atoms. The third-order valence-corrected chi connectivity index (χ3v) is 4.53. The molecule has 0 atom stereocenters. The van der Waals surface area contributed by atoms with Crippen molar-refractivity contribution in [2.45, 2.75) is 39.8 Å². The van der Waals surface area contributed by atoms with Gasteiger partial charge in [-0.3, -0.25) is 0 Å². The normalized spacial score (nSPS) is 10.8. The molecule has 2 N–H and O–H groups in total. The van der Waals surface area contributed by atoms with E-state index >= 15 is 0 Å². The number of carbonyl (C=O) groups excluding carboxylic acids is 1. The van der Waals surface area contributed by atoms with Gasteiger partial charge in [-0.25, -0.2) is 9.78 Å². The average Bonchev–Trinajstić information content (AvgIpc) is 3.15. The van der Waals surface area contributed by atoms with E-state index in [1.54, 1.807) is 12.5 Å². The largest absolute Gasteiger partial charge is 0.334 e. The van der Waals surface area contributed by atoms with Crippen LogP contribution in [0.3, 0.4) is 0 Å². The zero-order valence-corrected chi connectivity index (χ0v) is 16.1. The average molecular weight is 362 g/mol. The first-order chi connectivity index (χ1) is 13.0. The molecule has 2 aromatic carbocycles. The predicted molar refractivity (Wildman–Crippen MR) is 109 cm³/mol. The van der Waals surface area contributed by atoms with Gasteiger partial charge in [0.1, 0.15) is 0 Å². The Morgan fingerprint density at radius 2 is 1.93 bits per heavy atom. The molecule has 0 saturated carbocycles. The first-order valence-corrected chi connectivity index (χ1v) is 9.21. The van der Waals surface area contributed by atoms with Gasteiger partial charge in [-0.2, -0.15) is 0 Å². The van der Waals surface area contributed by atoms with Gasteiger partial charge in [-0.1, -0.05) is 56.3 Å². The number of urea groups is 1. The molecule has 1 aromatic heterocycles. The van der Waals surface area contributed by atoms with Gasteiger partial charge in [-0.15, -0.1) is 0 Å². The lowest BCUT2D eigenvalue weighted by Gasteiger charge is -2.17. The summed E-state index contributed by atoms with van der Waals surface area (Å²) in [6.45, 7) is 7.52. The molecule has 0 saturated heterocycles. The highest BCUT2D eigenvalue weighted by atomic mass is 16.2. The van der Waals surface area contributed by atoms with Crippen molar-refractivity contribution in [2.75, 3.05) is 5.32 Å². The van der Waals surface area contributed by atoms with Crippen LogP contribution >= 0.6 is 0 Å². The van der Waals surface area contributed by atoms with Crippen molar-refractivity contribution in [3.05, 3.63) is 83.4 Å². The minimum absolute atomic E-state index is 0.189. The van der Waals surface area contributed by atoms with Gasteiger partial charge >= 0.3 is 6.03 Å². The number of nitrogens with zero attached hydrogens (tertiary/aromatic N) is 2. The van der Waals surface area contributed by atoms with Crippen LogP contribution in [-0.2, 0) is 13.1 Å². The Balaban J connectivity index is 1.62. The lowest BCUT2D eigenvalue weighted by Crippen LogP contribution is -2.29. The van der Waals surface area contributed by atoms with Crippen molar-refractivity contribution < 1.29 is 4.79 Å². The van der Waals surface area contributed by atoms with Crippen LogP contribution in [0.15, 0.2) is 61.2 Å². The molecule has 0 aliphatic rings. The Kier molecular flexibility index (Phi) is 5.91. The van der Waals surface area contributed by atoms with Gasteiger partial charge in [0.15, 0.2) is 0 Å². The number of para-hydroxylation sites is 1. The fraction of sp³-hybridized carbons (Fsp3) is 0.273. The molecule has 3 rings (SSSR count). The Hall–Kier alpha value is -3.08. The van der Waals surface area contributed by atoms with Crippen LogP contribution in [0, 0.1) is 6.92 Å². The van der Waals surface area contributed by atoms with Crippen molar-refractivity contribution >= 4 is 11.7 Å². The topological polar surface area (TPSA) is 59.0 Å². The molecule has 1 heterocycles. The first-order valence-electron chi connectivity index (χ1n) is 9.21. The summed E-state index contributed by atoms with van der Waals surface area (Å²) in [6, 6.07) is 14.1. The zero-order valence-electron chi connectivity index (χ0n) is 16.1. The minimum Gasteiger partial charge on any atom is -0.334 e. The summed E-state index contributed by atoms with van der Waals surface area (Å²) in [7, 11) is 0. The summed E-state index contributed by atoms with van der Waals surface area (Å²) in [5, 5.41) is 5.98. The molecule has 0 fully saturated rings. The number of imidazole rings is 1. The summed E-state index contributed by atoms with van der Waals surface area (Å²) < 4.78 is 2.02. The summed E-state index contributed by atoms with van der Waals surface area (Å²) in [6.07, 6.45) is 5.51. The summed E-state index contributed by atoms with van der Waals surface area (Å²) >= 11 is 0. The van der Waals surface area contributed by atoms with Gasteiger partial charge in [0.25, 0.3) is 0 Å². The van der Waals surface area contributed by atoms with Gasteiger partial charge < -0.3 is 15.2 Å². The van der Waals surface area contributed by atoms with Crippen molar-refractivity contribution in [2.24, 2.45) is 0 Å². The van der Waals surface area contributed by atoms with Crippen LogP contribution in [0.2, 0.25) is 0 Å². The van der Waals surface area contributed by atoms with Crippen molar-refractivity contribution in [3.8, 4) is 0 Å². The van der Waals surface area contributed by atoms with Crippen molar-refractivity contribution in [1.29, 1.82) is 0 Å². The number of amides is 2. The molecule has 0 aliphatic carbocycles. The molecule has 0 aliphatic heterocycles. The quantitative estimate of drug-likeness (QED) is 0.668. The molecule has 0 radical (unpaired) electrons. The minimum atomic E-state index is -0.189. The smallest absolute Gasteiger partial charge is 0.319 e. The molecule has 0 unspecified atom stereocenters. The summed E-state index contributed by atoms with van der Waals surface area (Å²) in [5.41, 5.74) is 5.36. The van der Waals surface area contributed by atoms with E-state index in [0.717, 1.165) is 28.9 Å². The number of rotatable bonds is 6. The molecule has 5 heteroatoms. The third kappa shape index (κ3) is 4.97. The highest BCUT2D eigenvalue weighted by Gasteiger charge is 2.11. The van der Waals surface area contributed by atoms with E-state index in [1.165, 1.54) is 5.56 Å². The van der Waals surface area contributed by atoms with E-state index in [9.17, 15) is 4.79 Å². The Bertz CT molecular complexity index is 900. The maximum absolute atomic E-state index is 12.4. The zero-order chi connectivity index (χ0) is 19.2.